The van der Waals surface area contributed by atoms with Gasteiger partial charge in [0.2, 0.25) is 11.8 Å². The second-order valence-electron chi connectivity index (χ2n) is 5.46. The fraction of sp³-hybridized carbons (Fsp3) is 0.167. The zero-order valence-electron chi connectivity index (χ0n) is 13.2. The van der Waals surface area contributed by atoms with E-state index in [2.05, 4.69) is 15.6 Å². The fourth-order valence-corrected chi connectivity index (χ4v) is 3.22. The van der Waals surface area contributed by atoms with Gasteiger partial charge in [0.1, 0.15) is 0 Å². The van der Waals surface area contributed by atoms with Crippen molar-refractivity contribution in [2.24, 2.45) is 4.99 Å². The number of carbonyl (C=O) groups excluding carboxylic acids is 2. The second-order valence-corrected chi connectivity index (χ2v) is 6.86. The highest BCUT2D eigenvalue weighted by Crippen LogP contribution is 2.25. The Morgan fingerprint density at radius 1 is 1.20 bits per heavy atom. The number of nitrogens with zero attached hydrogens (tertiary/aromatic N) is 1. The molecule has 7 heteroatoms. The number of carbonyl (C=O) groups is 2. The Morgan fingerprint density at radius 2 is 1.92 bits per heavy atom. The Hall–Kier alpha value is -2.31. The summed E-state index contributed by atoms with van der Waals surface area (Å²) in [5.41, 5.74) is 1.66. The third kappa shape index (κ3) is 5.08. The lowest BCUT2D eigenvalue weighted by molar-refractivity contribution is -0.120. The van der Waals surface area contributed by atoms with Gasteiger partial charge in [0.25, 0.3) is 0 Å². The minimum atomic E-state index is -0.211. The molecule has 25 heavy (non-hydrogen) atoms. The smallest absolute Gasteiger partial charge is 0.234 e. The molecule has 0 fully saturated rings. The average molecular weight is 374 g/mol. The number of hydrogen-bond donors (Lipinski definition) is 2. The van der Waals surface area contributed by atoms with Crippen LogP contribution in [0.3, 0.4) is 0 Å². The van der Waals surface area contributed by atoms with E-state index in [0.717, 1.165) is 5.56 Å². The number of aliphatic imine (C=N–C) groups is 1. The van der Waals surface area contributed by atoms with Gasteiger partial charge in [0.15, 0.2) is 5.17 Å². The molecule has 3 rings (SSSR count). The SMILES string of the molecule is O=C1CC(c2ccccc2)N=C(SCC(=O)Nc2ccc(Cl)cc2)N1. The largest absolute Gasteiger partial charge is 0.325 e. The van der Waals surface area contributed by atoms with E-state index in [1.165, 1.54) is 11.8 Å². The topological polar surface area (TPSA) is 70.6 Å². The summed E-state index contributed by atoms with van der Waals surface area (Å²) >= 11 is 7.03. The maximum Gasteiger partial charge on any atom is 0.234 e. The summed E-state index contributed by atoms with van der Waals surface area (Å²) in [6, 6.07) is 16.3. The molecular formula is C18H16ClN3O2S. The van der Waals surface area contributed by atoms with E-state index < -0.39 is 0 Å². The predicted molar refractivity (Wildman–Crippen MR) is 102 cm³/mol. The van der Waals surface area contributed by atoms with E-state index in [1.54, 1.807) is 24.3 Å². The van der Waals surface area contributed by atoms with E-state index in [0.29, 0.717) is 22.3 Å². The van der Waals surface area contributed by atoms with E-state index in [4.69, 9.17) is 11.6 Å². The normalized spacial score (nSPS) is 16.8. The van der Waals surface area contributed by atoms with Gasteiger partial charge in [-0.2, -0.15) is 0 Å². The molecule has 0 saturated heterocycles. The van der Waals surface area contributed by atoms with Crippen molar-refractivity contribution in [3.05, 3.63) is 65.2 Å². The lowest BCUT2D eigenvalue weighted by atomic mass is 10.0. The Balaban J connectivity index is 1.59. The summed E-state index contributed by atoms with van der Waals surface area (Å²) in [5.74, 6) is -0.112. The first-order valence-corrected chi connectivity index (χ1v) is 9.07. The van der Waals surface area contributed by atoms with E-state index in [1.807, 2.05) is 30.3 Å². The highest BCUT2D eigenvalue weighted by molar-refractivity contribution is 8.14. The molecule has 2 aromatic carbocycles. The zero-order chi connectivity index (χ0) is 17.6. The standard InChI is InChI=1S/C18H16ClN3O2S/c19-13-6-8-14(9-7-13)20-17(24)11-25-18-21-15(10-16(23)22-18)12-4-2-1-3-5-12/h1-9,15H,10-11H2,(H,20,24)(H,21,22,23). The van der Waals surface area contributed by atoms with Gasteiger partial charge in [0, 0.05) is 10.7 Å². The summed E-state index contributed by atoms with van der Waals surface area (Å²) in [4.78, 5) is 28.5. The van der Waals surface area contributed by atoms with Gasteiger partial charge >= 0.3 is 0 Å². The molecule has 1 aliphatic rings. The molecule has 2 amide bonds. The van der Waals surface area contributed by atoms with Gasteiger partial charge in [-0.25, -0.2) is 0 Å². The van der Waals surface area contributed by atoms with Gasteiger partial charge in [0.05, 0.1) is 18.2 Å². The molecule has 0 spiro atoms. The highest BCUT2D eigenvalue weighted by atomic mass is 35.5. The van der Waals surface area contributed by atoms with Crippen LogP contribution in [0, 0.1) is 0 Å². The molecule has 0 aliphatic carbocycles. The van der Waals surface area contributed by atoms with Crippen molar-refractivity contribution in [2.45, 2.75) is 12.5 Å². The Morgan fingerprint density at radius 3 is 2.64 bits per heavy atom. The van der Waals surface area contributed by atoms with E-state index in [-0.39, 0.29) is 23.6 Å². The third-order valence-corrected chi connectivity index (χ3v) is 4.69. The van der Waals surface area contributed by atoms with Gasteiger partial charge in [-0.15, -0.1) is 0 Å². The highest BCUT2D eigenvalue weighted by Gasteiger charge is 2.22. The molecular weight excluding hydrogens is 358 g/mol. The number of nitrogens with one attached hydrogen (secondary N) is 2. The van der Waals surface area contributed by atoms with Crippen LogP contribution in [0.2, 0.25) is 5.02 Å². The van der Waals surface area contributed by atoms with Crippen LogP contribution < -0.4 is 10.6 Å². The van der Waals surface area contributed by atoms with Crippen molar-refractivity contribution in [3.63, 3.8) is 0 Å². The minimum absolute atomic E-state index is 0.0931. The first kappa shape index (κ1) is 17.5. The van der Waals surface area contributed by atoms with Crippen molar-refractivity contribution < 1.29 is 9.59 Å². The summed E-state index contributed by atoms with van der Waals surface area (Å²) in [5, 5.41) is 6.57. The molecule has 0 bridgehead atoms. The van der Waals surface area contributed by atoms with E-state index in [9.17, 15) is 9.59 Å². The molecule has 1 atom stereocenters. The van der Waals surface area contributed by atoms with Crippen LogP contribution in [0.4, 0.5) is 5.69 Å². The number of thioether (sulfide) groups is 1. The monoisotopic (exact) mass is 373 g/mol. The molecule has 2 N–H and O–H groups in total. The predicted octanol–water partition coefficient (Wildman–Crippen LogP) is 3.63. The Labute approximate surface area is 154 Å². The quantitative estimate of drug-likeness (QED) is 0.859. The van der Waals surface area contributed by atoms with Crippen molar-refractivity contribution in [3.8, 4) is 0 Å². The maximum atomic E-state index is 12.0. The van der Waals surface area contributed by atoms with Crippen LogP contribution in [-0.4, -0.2) is 22.7 Å². The lowest BCUT2D eigenvalue weighted by Gasteiger charge is -2.20. The molecule has 1 unspecified atom stereocenters. The minimum Gasteiger partial charge on any atom is -0.325 e. The first-order valence-electron chi connectivity index (χ1n) is 7.71. The fourth-order valence-electron chi connectivity index (χ4n) is 2.37. The second kappa shape index (κ2) is 8.18. The van der Waals surface area contributed by atoms with Crippen LogP contribution in [0.5, 0.6) is 0 Å². The van der Waals surface area contributed by atoms with Crippen molar-refractivity contribution >= 4 is 46.0 Å². The van der Waals surface area contributed by atoms with Crippen LogP contribution in [-0.2, 0) is 9.59 Å². The van der Waals surface area contributed by atoms with Crippen LogP contribution in [0.25, 0.3) is 0 Å². The number of amidine groups is 1. The average Bonchev–Trinajstić information content (AvgIpc) is 2.62. The lowest BCUT2D eigenvalue weighted by Crippen LogP contribution is -2.35. The molecule has 5 nitrogen and oxygen atoms in total. The Bertz CT molecular complexity index is 794. The number of anilines is 1. The number of hydrogen-bond acceptors (Lipinski definition) is 4. The molecule has 1 aliphatic heterocycles. The summed E-state index contributed by atoms with van der Waals surface area (Å²) < 4.78 is 0. The molecule has 0 radical (unpaired) electrons. The number of rotatable bonds is 4. The van der Waals surface area contributed by atoms with Crippen molar-refractivity contribution in [1.29, 1.82) is 0 Å². The third-order valence-electron chi connectivity index (χ3n) is 3.55. The number of amides is 2. The molecule has 0 aromatic heterocycles. The van der Waals surface area contributed by atoms with Gasteiger partial charge in [-0.3, -0.25) is 14.6 Å². The van der Waals surface area contributed by atoms with Crippen molar-refractivity contribution in [1.82, 2.24) is 5.32 Å². The van der Waals surface area contributed by atoms with Crippen LogP contribution >= 0.6 is 23.4 Å². The van der Waals surface area contributed by atoms with Crippen LogP contribution in [0.15, 0.2) is 59.6 Å². The maximum absolute atomic E-state index is 12.0. The van der Waals surface area contributed by atoms with E-state index >= 15 is 0 Å². The summed E-state index contributed by atoms with van der Waals surface area (Å²) in [6.45, 7) is 0. The van der Waals surface area contributed by atoms with Gasteiger partial charge in [-0.05, 0) is 29.8 Å². The summed E-state index contributed by atoms with van der Waals surface area (Å²) in [7, 11) is 0. The number of halogens is 1. The summed E-state index contributed by atoms with van der Waals surface area (Å²) in [6.07, 6.45) is 0.311. The Kier molecular flexibility index (Phi) is 5.73. The molecule has 1 heterocycles. The number of benzene rings is 2. The molecule has 128 valence electrons. The van der Waals surface area contributed by atoms with Crippen molar-refractivity contribution in [2.75, 3.05) is 11.1 Å². The van der Waals surface area contributed by atoms with Gasteiger partial charge in [-0.1, -0.05) is 53.7 Å². The zero-order valence-corrected chi connectivity index (χ0v) is 14.8. The molecule has 0 saturated carbocycles. The van der Waals surface area contributed by atoms with Gasteiger partial charge < -0.3 is 10.6 Å². The molecule has 2 aromatic rings. The van der Waals surface area contributed by atoms with Crippen LogP contribution in [0.1, 0.15) is 18.0 Å². The first-order chi connectivity index (χ1) is 12.1.